The zero-order valence-electron chi connectivity index (χ0n) is 40.8. The lowest BCUT2D eigenvalue weighted by atomic mass is 9.33. The second-order valence-electron chi connectivity index (χ2n) is 23.4. The van der Waals surface area contributed by atoms with E-state index >= 15 is 0 Å². The van der Waals surface area contributed by atoms with Crippen molar-refractivity contribution in [2.75, 3.05) is 26.9 Å². The molecule has 8 rings (SSSR count). The van der Waals surface area contributed by atoms with Crippen LogP contribution in [0.2, 0.25) is 0 Å². The van der Waals surface area contributed by atoms with Gasteiger partial charge in [0.05, 0.1) is 43.9 Å². The van der Waals surface area contributed by atoms with Gasteiger partial charge in [0.15, 0.2) is 18.9 Å². The molecule has 24 atom stereocenters. The molecule has 0 radical (unpaired) electrons. The second kappa shape index (κ2) is 19.1. The van der Waals surface area contributed by atoms with Crippen LogP contribution >= 0.6 is 0 Å². The minimum atomic E-state index is -1.96. The number of methoxy groups -OCH3 is 1. The molecule has 20 heteroatoms. The maximum atomic E-state index is 13.2. The van der Waals surface area contributed by atoms with Crippen LogP contribution in [0.4, 0.5) is 0 Å². The van der Waals surface area contributed by atoms with Gasteiger partial charge in [-0.3, -0.25) is 9.59 Å². The fraction of sp³-hybridized carbons (Fsp3) is 0.918. The summed E-state index contributed by atoms with van der Waals surface area (Å²) in [5.41, 5.74) is -1.75. The van der Waals surface area contributed by atoms with Crippen molar-refractivity contribution in [3.05, 3.63) is 11.6 Å². The molecule has 69 heavy (non-hydrogen) atoms. The molecule has 7 fully saturated rings. The number of allylic oxidation sites excluding steroid dienone is 2. The molecular formula is C49H78O20. The van der Waals surface area contributed by atoms with Crippen LogP contribution in [0.5, 0.6) is 0 Å². The highest BCUT2D eigenvalue weighted by Gasteiger charge is 2.70. The van der Waals surface area contributed by atoms with E-state index in [0.29, 0.717) is 32.1 Å². The Hall–Kier alpha value is -1.96. The van der Waals surface area contributed by atoms with Gasteiger partial charge < -0.3 is 89.3 Å². The van der Waals surface area contributed by atoms with Crippen LogP contribution in [-0.2, 0) is 42.7 Å². The van der Waals surface area contributed by atoms with Crippen molar-refractivity contribution in [1.29, 1.82) is 0 Å². The maximum absolute atomic E-state index is 13.2. The molecule has 8 aliphatic rings. The molecule has 394 valence electrons. The summed E-state index contributed by atoms with van der Waals surface area (Å²) in [4.78, 5) is 26.4. The fourth-order valence-electron chi connectivity index (χ4n) is 15.4. The lowest BCUT2D eigenvalue weighted by Crippen LogP contribution is -2.67. The first-order chi connectivity index (χ1) is 32.3. The minimum absolute atomic E-state index is 0.125. The number of carboxylic acids is 1. The number of carbonyl (C=O) groups excluding carboxylic acids is 1. The normalized spacial score (nSPS) is 52.8. The van der Waals surface area contributed by atoms with Crippen molar-refractivity contribution in [3.63, 3.8) is 0 Å². The lowest BCUT2D eigenvalue weighted by molar-refractivity contribution is -0.385. The molecule has 11 N–H and O–H groups in total. The van der Waals surface area contributed by atoms with E-state index < -0.39 is 140 Å². The highest BCUT2D eigenvalue weighted by molar-refractivity contribution is 5.80. The monoisotopic (exact) mass is 987 g/mol. The predicted octanol–water partition coefficient (Wildman–Crippen LogP) is -0.141. The fourth-order valence-corrected chi connectivity index (χ4v) is 15.4. The van der Waals surface area contributed by atoms with E-state index in [1.165, 1.54) is 12.7 Å². The molecule has 3 saturated heterocycles. The summed E-state index contributed by atoms with van der Waals surface area (Å²) in [6.07, 6.45) is -17.2. The van der Waals surface area contributed by atoms with Crippen LogP contribution in [0.1, 0.15) is 106 Å². The number of aliphatic carboxylic acids is 1. The molecule has 5 aliphatic carbocycles. The molecule has 0 spiro atoms. The highest BCUT2D eigenvalue weighted by Crippen LogP contribution is 2.76. The van der Waals surface area contributed by atoms with Crippen LogP contribution in [0.15, 0.2) is 11.6 Å². The number of carboxylic acid groups (broad SMARTS) is 1. The summed E-state index contributed by atoms with van der Waals surface area (Å²) in [6.45, 7) is 11.0. The van der Waals surface area contributed by atoms with Crippen LogP contribution in [0.25, 0.3) is 0 Å². The maximum Gasteiger partial charge on any atom is 0.311 e. The van der Waals surface area contributed by atoms with Crippen molar-refractivity contribution >= 4 is 11.9 Å². The molecule has 4 saturated carbocycles. The Bertz CT molecular complexity index is 1920. The lowest BCUT2D eigenvalue weighted by Gasteiger charge is -2.71. The van der Waals surface area contributed by atoms with Gasteiger partial charge in [-0.05, 0) is 111 Å². The summed E-state index contributed by atoms with van der Waals surface area (Å²) in [5, 5.41) is 118. The molecule has 3 aliphatic heterocycles. The SMILES string of the molecule is COC(=O)[C@@]1(C)CC[C@]2(C(=O)O)CC[C@]3(C)C(=CC[C@@H]4[C@@]5(C)CC[C@H](O[C@@H]6O[C@H](CO)[C@@H](O)[C@H](O[C@@H]7O[C@H](CO)[C@@H](O)[C@H](O[C@@H]8O[C@H](CO)[C@@H](O)[C@H](O)[C@H]8O)[C@H]7O)[C@H]6O)C(C)(C)[C@@H]5CC[C@]43C)[C@@H]2C1. The predicted molar refractivity (Wildman–Crippen MR) is 237 cm³/mol. The van der Waals surface area contributed by atoms with Gasteiger partial charge in [0.25, 0.3) is 0 Å². The first-order valence-electron chi connectivity index (χ1n) is 24.9. The van der Waals surface area contributed by atoms with Crippen molar-refractivity contribution in [1.82, 2.24) is 0 Å². The standard InChI is InChI=1S/C49H78O20/c1-44(2)27-10-13-48(6)28(9-8-22-23-18-45(3,43(62)63-7)14-16-49(23,42(60)61)17-15-47(22,48)5)46(27,4)12-11-29(44)67-40-35(58)37(31(54)25(20-51)65-40)69-41-36(59)38(32(55)26(21-52)66-41)68-39-34(57)33(56)30(53)24(19-50)64-39/h8,23-41,50-59H,9-21H2,1-7H3,(H,60,61)/t23-,24+,25+,26+,27-,28+,29-,30+,31+,32+,33-,34+,35+,36+,37-,38-,39-,40-,41-,45-,46-,47+,48+,49-/m0/s1. The quantitative estimate of drug-likeness (QED) is 0.0729. The molecular weight excluding hydrogens is 909 g/mol. The Morgan fingerprint density at radius 2 is 1.14 bits per heavy atom. The van der Waals surface area contributed by atoms with Gasteiger partial charge in [0, 0.05) is 0 Å². The number of rotatable bonds is 11. The Kier molecular flexibility index (Phi) is 14.7. The summed E-state index contributed by atoms with van der Waals surface area (Å²) in [6, 6.07) is 0. The number of esters is 1. The molecule has 0 amide bonds. The first-order valence-corrected chi connectivity index (χ1v) is 24.9. The van der Waals surface area contributed by atoms with E-state index in [1.807, 2.05) is 6.92 Å². The van der Waals surface area contributed by atoms with Gasteiger partial charge in [-0.1, -0.05) is 46.3 Å². The Balaban J connectivity index is 1.00. The average Bonchev–Trinajstić information content (AvgIpc) is 3.31. The summed E-state index contributed by atoms with van der Waals surface area (Å²) in [7, 11) is 1.39. The average molecular weight is 987 g/mol. The molecule has 0 aromatic rings. The summed E-state index contributed by atoms with van der Waals surface area (Å²) >= 11 is 0. The Morgan fingerprint density at radius 1 is 0.623 bits per heavy atom. The first kappa shape index (κ1) is 53.3. The number of carbonyl (C=O) groups is 2. The third-order valence-electron chi connectivity index (χ3n) is 19.8. The van der Waals surface area contributed by atoms with Crippen molar-refractivity contribution < 1.29 is 98.9 Å². The molecule has 0 aromatic carbocycles. The van der Waals surface area contributed by atoms with Crippen molar-refractivity contribution in [3.8, 4) is 0 Å². The van der Waals surface area contributed by atoms with E-state index in [-0.39, 0.29) is 40.0 Å². The Morgan fingerprint density at radius 3 is 1.68 bits per heavy atom. The Labute approximate surface area is 402 Å². The van der Waals surface area contributed by atoms with E-state index in [9.17, 15) is 65.8 Å². The zero-order chi connectivity index (χ0) is 50.6. The smallest absolute Gasteiger partial charge is 0.311 e. The van der Waals surface area contributed by atoms with Crippen molar-refractivity contribution in [2.45, 2.75) is 204 Å². The highest BCUT2D eigenvalue weighted by atomic mass is 16.8. The number of aliphatic hydroxyl groups excluding tert-OH is 10. The van der Waals surface area contributed by atoms with E-state index in [1.54, 1.807) is 0 Å². The molecule has 0 aromatic heterocycles. The van der Waals surface area contributed by atoms with E-state index in [0.717, 1.165) is 32.1 Å². The molecule has 0 unspecified atom stereocenters. The van der Waals surface area contributed by atoms with Gasteiger partial charge in [-0.2, -0.15) is 0 Å². The third-order valence-corrected chi connectivity index (χ3v) is 19.8. The number of hydrogen-bond donors (Lipinski definition) is 11. The second-order valence-corrected chi connectivity index (χ2v) is 23.4. The molecule has 20 nitrogen and oxygen atoms in total. The largest absolute Gasteiger partial charge is 0.481 e. The topological polar surface area (TPSA) is 321 Å². The van der Waals surface area contributed by atoms with Crippen LogP contribution in [-0.4, -0.2) is 193 Å². The zero-order valence-corrected chi connectivity index (χ0v) is 40.8. The van der Waals surface area contributed by atoms with Crippen LogP contribution in [0.3, 0.4) is 0 Å². The van der Waals surface area contributed by atoms with Gasteiger partial charge >= 0.3 is 11.9 Å². The number of aliphatic hydroxyl groups is 10. The summed E-state index contributed by atoms with van der Waals surface area (Å²) < 4.78 is 40.9. The van der Waals surface area contributed by atoms with Gasteiger partial charge in [-0.15, -0.1) is 0 Å². The number of ether oxygens (including phenoxy) is 7. The van der Waals surface area contributed by atoms with Crippen molar-refractivity contribution in [2.24, 2.45) is 50.2 Å². The van der Waals surface area contributed by atoms with Crippen LogP contribution in [0, 0.1) is 50.2 Å². The van der Waals surface area contributed by atoms with Crippen LogP contribution < -0.4 is 0 Å². The summed E-state index contributed by atoms with van der Waals surface area (Å²) in [5.74, 6) is -1.04. The molecule has 3 heterocycles. The number of fused-ring (bicyclic) bond motifs is 7. The van der Waals surface area contributed by atoms with Gasteiger partial charge in [0.1, 0.15) is 73.2 Å². The van der Waals surface area contributed by atoms with Gasteiger partial charge in [-0.25, -0.2) is 0 Å². The number of hydrogen-bond acceptors (Lipinski definition) is 19. The van der Waals surface area contributed by atoms with E-state index in [4.69, 9.17) is 33.2 Å². The van der Waals surface area contributed by atoms with E-state index in [2.05, 4.69) is 40.7 Å². The molecule has 0 bridgehead atoms. The minimum Gasteiger partial charge on any atom is -0.481 e. The van der Waals surface area contributed by atoms with Gasteiger partial charge in [0.2, 0.25) is 0 Å². The third kappa shape index (κ3) is 8.26.